The zero-order valence-electron chi connectivity index (χ0n) is 23.7. The van der Waals surface area contributed by atoms with Gasteiger partial charge in [0.1, 0.15) is 10.8 Å². The highest BCUT2D eigenvalue weighted by Gasteiger charge is 2.33. The van der Waals surface area contributed by atoms with Crippen molar-refractivity contribution >= 4 is 23.3 Å². The highest BCUT2D eigenvalue weighted by atomic mass is 35.5. The van der Waals surface area contributed by atoms with Crippen LogP contribution in [0.15, 0.2) is 43.0 Å². The number of aliphatic hydroxyl groups is 1. The molecule has 2 saturated carbocycles. The second-order valence-electron chi connectivity index (χ2n) is 11.6. The minimum Gasteiger partial charge on any atom is -0.480 e. The average molecular weight is 566 g/mol. The molecule has 2 aliphatic carbocycles. The number of aliphatic hydroxyl groups excluding tert-OH is 1. The van der Waals surface area contributed by atoms with Crippen molar-refractivity contribution in [1.29, 1.82) is 0 Å². The third-order valence-electron chi connectivity index (χ3n) is 8.58. The van der Waals surface area contributed by atoms with Gasteiger partial charge in [0.2, 0.25) is 11.8 Å². The number of rotatable bonds is 8. The fraction of sp³-hybridized carbons (Fsp3) is 0.548. The third kappa shape index (κ3) is 6.50. The van der Waals surface area contributed by atoms with Gasteiger partial charge < -0.3 is 9.84 Å². The molecule has 0 unspecified atom stereocenters. The molecular weight excluding hydrogens is 526 g/mol. The first-order chi connectivity index (χ1) is 19.3. The van der Waals surface area contributed by atoms with Gasteiger partial charge >= 0.3 is 0 Å². The first-order valence-electron chi connectivity index (χ1n) is 14.5. The molecule has 0 aliphatic heterocycles. The lowest BCUT2D eigenvalue weighted by Crippen LogP contribution is -2.42. The molecule has 0 atom stereocenters. The van der Waals surface area contributed by atoms with E-state index in [9.17, 15) is 9.90 Å². The number of pyridine rings is 2. The number of amides is 1. The SMILES string of the molecule is COc1ncc([C@H]2CC[C@H](CN(c3cc(-c4cnn(C(C)C)c4)ccn3)C(=O)[C@H]3CC[C@H](O)CC3)CC2)cc1Cl. The molecule has 0 aromatic carbocycles. The highest BCUT2D eigenvalue weighted by Crippen LogP contribution is 2.39. The standard InChI is InChI=1S/C31H40ClN5O3/c1-20(2)37-19-26(17-35-37)24-12-13-33-29(15-24)36(31(39)23-8-10-27(38)11-9-23)18-21-4-6-22(7-5-21)25-14-28(32)30(40-3)34-16-25/h12-17,19-23,27,38H,4-11,18H2,1-3H3/t21-,22-,23-,27-. The lowest BCUT2D eigenvalue weighted by atomic mass is 9.78. The minimum absolute atomic E-state index is 0.0820. The maximum Gasteiger partial charge on any atom is 0.232 e. The molecule has 0 bridgehead atoms. The lowest BCUT2D eigenvalue weighted by Gasteiger charge is -2.35. The van der Waals surface area contributed by atoms with Gasteiger partial charge in [0.15, 0.2) is 0 Å². The van der Waals surface area contributed by atoms with Crippen molar-refractivity contribution in [1.82, 2.24) is 19.7 Å². The Hall–Kier alpha value is -2.97. The summed E-state index contributed by atoms with van der Waals surface area (Å²) in [5, 5.41) is 15.1. The van der Waals surface area contributed by atoms with Gasteiger partial charge in [0.25, 0.3) is 0 Å². The van der Waals surface area contributed by atoms with Crippen LogP contribution in [-0.2, 0) is 4.79 Å². The zero-order valence-corrected chi connectivity index (χ0v) is 24.4. The van der Waals surface area contributed by atoms with E-state index < -0.39 is 0 Å². The van der Waals surface area contributed by atoms with Crippen LogP contribution >= 0.6 is 11.6 Å². The molecule has 0 radical (unpaired) electrons. The molecular formula is C31H40ClN5O3. The van der Waals surface area contributed by atoms with Crippen molar-refractivity contribution in [3.63, 3.8) is 0 Å². The van der Waals surface area contributed by atoms with E-state index in [2.05, 4.69) is 28.9 Å². The predicted molar refractivity (Wildman–Crippen MR) is 157 cm³/mol. The second-order valence-corrected chi connectivity index (χ2v) is 12.0. The van der Waals surface area contributed by atoms with Crippen molar-refractivity contribution < 1.29 is 14.6 Å². The number of halogens is 1. The van der Waals surface area contributed by atoms with E-state index in [0.717, 1.165) is 55.2 Å². The van der Waals surface area contributed by atoms with Gasteiger partial charge in [0, 0.05) is 42.7 Å². The quantitative estimate of drug-likeness (QED) is 0.338. The molecule has 0 saturated heterocycles. The van der Waals surface area contributed by atoms with E-state index in [1.54, 1.807) is 13.3 Å². The number of anilines is 1. The van der Waals surface area contributed by atoms with Gasteiger partial charge in [-0.15, -0.1) is 0 Å². The number of ether oxygens (including phenoxy) is 1. The summed E-state index contributed by atoms with van der Waals surface area (Å²) < 4.78 is 7.15. The number of methoxy groups -OCH3 is 1. The molecule has 1 N–H and O–H groups in total. The summed E-state index contributed by atoms with van der Waals surface area (Å²) in [6, 6.07) is 6.25. The van der Waals surface area contributed by atoms with Crippen LogP contribution in [0, 0.1) is 11.8 Å². The maximum atomic E-state index is 14.0. The Labute approximate surface area is 241 Å². The Morgan fingerprint density at radius 1 is 1.07 bits per heavy atom. The van der Waals surface area contributed by atoms with Gasteiger partial charge in [-0.3, -0.25) is 14.4 Å². The molecule has 2 aliphatic rings. The number of aromatic nitrogens is 4. The largest absolute Gasteiger partial charge is 0.480 e. The Balaban J connectivity index is 1.33. The smallest absolute Gasteiger partial charge is 0.232 e. The maximum absolute atomic E-state index is 14.0. The summed E-state index contributed by atoms with van der Waals surface area (Å²) in [5.41, 5.74) is 3.16. The van der Waals surface area contributed by atoms with Gasteiger partial charge in [-0.25, -0.2) is 9.97 Å². The van der Waals surface area contributed by atoms with Crippen LogP contribution in [0.25, 0.3) is 11.1 Å². The van der Waals surface area contributed by atoms with Gasteiger partial charge in [-0.1, -0.05) is 11.6 Å². The fourth-order valence-corrected chi connectivity index (χ4v) is 6.36. The molecule has 3 aromatic heterocycles. The van der Waals surface area contributed by atoms with Gasteiger partial charge in [0.05, 0.1) is 19.4 Å². The Kier molecular flexibility index (Phi) is 9.06. The van der Waals surface area contributed by atoms with E-state index in [-0.39, 0.29) is 24.0 Å². The van der Waals surface area contributed by atoms with Gasteiger partial charge in [-0.2, -0.15) is 5.10 Å². The first kappa shape index (κ1) is 28.6. The van der Waals surface area contributed by atoms with E-state index in [1.807, 2.05) is 46.4 Å². The zero-order chi connectivity index (χ0) is 28.2. The molecule has 8 nitrogen and oxygen atoms in total. The van der Waals surface area contributed by atoms with Crippen molar-refractivity contribution in [2.45, 2.75) is 83.3 Å². The summed E-state index contributed by atoms with van der Waals surface area (Å²) in [5.74, 6) is 1.97. The molecule has 40 heavy (non-hydrogen) atoms. The molecule has 1 amide bonds. The van der Waals surface area contributed by atoms with Crippen LogP contribution in [0.5, 0.6) is 5.88 Å². The Morgan fingerprint density at radius 3 is 2.48 bits per heavy atom. The molecule has 5 rings (SSSR count). The lowest BCUT2D eigenvalue weighted by molar-refractivity contribution is -0.124. The van der Waals surface area contributed by atoms with Crippen LogP contribution in [0.4, 0.5) is 5.82 Å². The summed E-state index contributed by atoms with van der Waals surface area (Å²) in [6.45, 7) is 4.85. The molecule has 3 heterocycles. The molecule has 9 heteroatoms. The van der Waals surface area contributed by atoms with E-state index >= 15 is 0 Å². The summed E-state index contributed by atoms with van der Waals surface area (Å²) in [4.78, 5) is 24.9. The molecule has 2 fully saturated rings. The monoisotopic (exact) mass is 565 g/mol. The minimum atomic E-state index is -0.298. The van der Waals surface area contributed by atoms with Crippen molar-refractivity contribution in [3.8, 4) is 17.0 Å². The molecule has 214 valence electrons. The van der Waals surface area contributed by atoms with Crippen LogP contribution < -0.4 is 9.64 Å². The Morgan fingerprint density at radius 2 is 1.82 bits per heavy atom. The second kappa shape index (κ2) is 12.7. The number of hydrogen-bond donors (Lipinski definition) is 1. The molecule has 0 spiro atoms. The van der Waals surface area contributed by atoms with E-state index in [4.69, 9.17) is 16.3 Å². The summed E-state index contributed by atoms with van der Waals surface area (Å²) in [6.07, 6.45) is 14.1. The first-order valence-corrected chi connectivity index (χ1v) is 14.9. The summed E-state index contributed by atoms with van der Waals surface area (Å²) in [7, 11) is 1.57. The molecule has 3 aromatic rings. The normalized spacial score (nSPS) is 23.2. The van der Waals surface area contributed by atoms with E-state index in [1.165, 1.54) is 0 Å². The van der Waals surface area contributed by atoms with Crippen molar-refractivity contribution in [2.24, 2.45) is 11.8 Å². The average Bonchev–Trinajstić information content (AvgIpc) is 3.47. The number of nitrogens with zero attached hydrogens (tertiary/aromatic N) is 5. The number of carbonyl (C=O) groups excluding carboxylic acids is 1. The third-order valence-corrected chi connectivity index (χ3v) is 8.85. The number of hydrogen-bond acceptors (Lipinski definition) is 6. The van der Waals surface area contributed by atoms with Crippen LogP contribution in [0.1, 0.15) is 82.7 Å². The van der Waals surface area contributed by atoms with Crippen LogP contribution in [-0.4, -0.2) is 50.5 Å². The Bertz CT molecular complexity index is 1300. The van der Waals surface area contributed by atoms with E-state index in [0.29, 0.717) is 47.9 Å². The van der Waals surface area contributed by atoms with Crippen LogP contribution in [0.2, 0.25) is 5.02 Å². The highest BCUT2D eigenvalue weighted by molar-refractivity contribution is 6.31. The van der Waals surface area contributed by atoms with Gasteiger partial charge in [-0.05, 0) is 106 Å². The predicted octanol–water partition coefficient (Wildman–Crippen LogP) is 6.44. The fourth-order valence-electron chi connectivity index (χ4n) is 6.10. The van der Waals surface area contributed by atoms with Crippen LogP contribution in [0.3, 0.4) is 0 Å². The summed E-state index contributed by atoms with van der Waals surface area (Å²) >= 11 is 6.35. The number of carbonyl (C=O) groups is 1. The van der Waals surface area contributed by atoms with Crippen molar-refractivity contribution in [2.75, 3.05) is 18.6 Å². The van der Waals surface area contributed by atoms with Crippen molar-refractivity contribution in [3.05, 3.63) is 53.6 Å². The topological polar surface area (TPSA) is 93.4 Å².